The summed E-state index contributed by atoms with van der Waals surface area (Å²) in [7, 11) is 3.49. The van der Waals surface area contributed by atoms with Crippen molar-refractivity contribution in [2.75, 3.05) is 17.7 Å². The summed E-state index contributed by atoms with van der Waals surface area (Å²) in [5, 5.41) is 10.1. The molecule has 0 aliphatic heterocycles. The first-order valence-electron chi connectivity index (χ1n) is 9.71. The molecule has 1 heterocycles. The van der Waals surface area contributed by atoms with Crippen LogP contribution >= 0.6 is 0 Å². The Labute approximate surface area is 176 Å². The van der Waals surface area contributed by atoms with Gasteiger partial charge >= 0.3 is 0 Å². The van der Waals surface area contributed by atoms with Crippen LogP contribution in [0.3, 0.4) is 0 Å². The van der Waals surface area contributed by atoms with Crippen molar-refractivity contribution in [3.63, 3.8) is 0 Å². The number of carbonyl (C=O) groups is 2. The molecule has 2 amide bonds. The quantitative estimate of drug-likeness (QED) is 0.624. The van der Waals surface area contributed by atoms with E-state index in [0.29, 0.717) is 29.8 Å². The number of rotatable bonds is 7. The lowest BCUT2D eigenvalue weighted by molar-refractivity contribution is -0.116. The van der Waals surface area contributed by atoms with Crippen molar-refractivity contribution in [1.29, 1.82) is 0 Å². The van der Waals surface area contributed by atoms with Crippen LogP contribution in [-0.2, 0) is 18.3 Å². The molecular weight excluding hydrogens is 380 g/mol. The van der Waals surface area contributed by atoms with Crippen molar-refractivity contribution in [3.05, 3.63) is 71.0 Å². The first-order chi connectivity index (χ1) is 14.4. The Hall–Kier alpha value is -3.61. The highest BCUT2D eigenvalue weighted by Crippen LogP contribution is 2.18. The molecule has 0 radical (unpaired) electrons. The number of ether oxygens (including phenoxy) is 1. The van der Waals surface area contributed by atoms with E-state index in [9.17, 15) is 9.59 Å². The molecule has 30 heavy (non-hydrogen) atoms. The molecule has 7 nitrogen and oxygen atoms in total. The van der Waals surface area contributed by atoms with E-state index in [1.807, 2.05) is 25.6 Å². The zero-order chi connectivity index (χ0) is 21.7. The van der Waals surface area contributed by atoms with Crippen LogP contribution in [0.4, 0.5) is 11.4 Å². The highest BCUT2D eigenvalue weighted by molar-refractivity contribution is 6.04. The van der Waals surface area contributed by atoms with Gasteiger partial charge in [0.2, 0.25) is 5.91 Å². The van der Waals surface area contributed by atoms with Gasteiger partial charge in [-0.1, -0.05) is 0 Å². The number of anilines is 2. The lowest BCUT2D eigenvalue weighted by Crippen LogP contribution is -2.14. The van der Waals surface area contributed by atoms with Gasteiger partial charge in [0.25, 0.3) is 5.91 Å². The maximum absolute atomic E-state index is 12.4. The van der Waals surface area contributed by atoms with Crippen LogP contribution in [0.15, 0.2) is 48.5 Å². The van der Waals surface area contributed by atoms with Gasteiger partial charge in [-0.25, -0.2) is 0 Å². The molecule has 1 aromatic heterocycles. The highest BCUT2D eigenvalue weighted by Gasteiger charge is 2.12. The second kappa shape index (κ2) is 9.26. The predicted molar refractivity (Wildman–Crippen MR) is 117 cm³/mol. The number of nitrogens with one attached hydrogen (secondary N) is 2. The number of amides is 2. The Morgan fingerprint density at radius 1 is 0.967 bits per heavy atom. The zero-order valence-electron chi connectivity index (χ0n) is 17.7. The first kappa shape index (κ1) is 21.1. The third-order valence-electron chi connectivity index (χ3n) is 5.04. The maximum atomic E-state index is 12.4. The van der Waals surface area contributed by atoms with Crippen LogP contribution in [0.1, 0.15) is 33.7 Å². The number of aryl methyl sites for hydroxylation is 2. The van der Waals surface area contributed by atoms with Crippen molar-refractivity contribution in [3.8, 4) is 5.75 Å². The molecule has 0 aliphatic carbocycles. The topological polar surface area (TPSA) is 85.2 Å². The summed E-state index contributed by atoms with van der Waals surface area (Å²) < 4.78 is 6.94. The molecule has 0 fully saturated rings. The molecule has 2 N–H and O–H groups in total. The van der Waals surface area contributed by atoms with E-state index < -0.39 is 0 Å². The first-order valence-corrected chi connectivity index (χ1v) is 9.71. The Balaban J connectivity index is 1.54. The summed E-state index contributed by atoms with van der Waals surface area (Å²) in [5.74, 6) is 0.426. The van der Waals surface area contributed by atoms with Crippen molar-refractivity contribution < 1.29 is 14.3 Å². The van der Waals surface area contributed by atoms with E-state index in [4.69, 9.17) is 4.74 Å². The standard InChI is InChI=1S/C23H26N4O3/c1-15-21(16(2)27(3)26-15)13-14-22(28)24-18-7-5-17(6-8-18)23(29)25-19-9-11-20(30-4)12-10-19/h5-12H,13-14H2,1-4H3,(H,24,28)(H,25,29). The maximum Gasteiger partial charge on any atom is 0.255 e. The molecule has 156 valence electrons. The summed E-state index contributed by atoms with van der Waals surface area (Å²) >= 11 is 0. The minimum absolute atomic E-state index is 0.0758. The molecule has 0 saturated carbocycles. The van der Waals surface area contributed by atoms with E-state index in [1.165, 1.54) is 0 Å². The van der Waals surface area contributed by atoms with Crippen molar-refractivity contribution in [1.82, 2.24) is 9.78 Å². The van der Waals surface area contributed by atoms with Crippen LogP contribution < -0.4 is 15.4 Å². The Bertz CT molecular complexity index is 1040. The molecule has 3 aromatic rings. The molecular formula is C23H26N4O3. The number of nitrogens with zero attached hydrogens (tertiary/aromatic N) is 2. The lowest BCUT2D eigenvalue weighted by Gasteiger charge is -2.08. The predicted octanol–water partition coefficient (Wildman–Crippen LogP) is 3.87. The van der Waals surface area contributed by atoms with Gasteiger partial charge in [0.1, 0.15) is 5.75 Å². The number of hydrogen-bond donors (Lipinski definition) is 2. The van der Waals surface area contributed by atoms with Crippen molar-refractivity contribution >= 4 is 23.2 Å². The van der Waals surface area contributed by atoms with Crippen LogP contribution in [-0.4, -0.2) is 28.7 Å². The third-order valence-corrected chi connectivity index (χ3v) is 5.04. The van der Waals surface area contributed by atoms with Gasteiger partial charge in [0, 0.05) is 36.1 Å². The minimum atomic E-state index is -0.222. The number of aromatic nitrogens is 2. The lowest BCUT2D eigenvalue weighted by atomic mass is 10.1. The summed E-state index contributed by atoms with van der Waals surface area (Å²) in [4.78, 5) is 24.7. The van der Waals surface area contributed by atoms with Gasteiger partial charge in [-0.2, -0.15) is 5.10 Å². The van der Waals surface area contributed by atoms with Crippen LogP contribution in [0.25, 0.3) is 0 Å². The van der Waals surface area contributed by atoms with Crippen LogP contribution in [0, 0.1) is 13.8 Å². The normalized spacial score (nSPS) is 10.5. The summed E-state index contributed by atoms with van der Waals surface area (Å²) in [6.45, 7) is 3.96. The second-order valence-electron chi connectivity index (χ2n) is 7.08. The summed E-state index contributed by atoms with van der Waals surface area (Å²) in [5.41, 5.74) is 4.98. The van der Waals surface area contributed by atoms with Crippen molar-refractivity contribution in [2.45, 2.75) is 26.7 Å². The third kappa shape index (κ3) is 5.05. The molecule has 0 unspecified atom stereocenters. The largest absolute Gasteiger partial charge is 0.497 e. The molecule has 0 bridgehead atoms. The van der Waals surface area contributed by atoms with Gasteiger partial charge in [-0.3, -0.25) is 14.3 Å². The molecule has 0 aliphatic rings. The van der Waals surface area contributed by atoms with E-state index in [2.05, 4.69) is 15.7 Å². The van der Waals surface area contributed by atoms with Gasteiger partial charge < -0.3 is 15.4 Å². The van der Waals surface area contributed by atoms with Gasteiger partial charge in [0.15, 0.2) is 0 Å². The molecule has 0 atom stereocenters. The van der Waals surface area contributed by atoms with Crippen molar-refractivity contribution in [2.24, 2.45) is 7.05 Å². The van der Waals surface area contributed by atoms with Gasteiger partial charge in [-0.15, -0.1) is 0 Å². The highest BCUT2D eigenvalue weighted by atomic mass is 16.5. The zero-order valence-corrected chi connectivity index (χ0v) is 17.7. The SMILES string of the molecule is COc1ccc(NC(=O)c2ccc(NC(=O)CCc3c(C)nn(C)c3C)cc2)cc1. The number of carbonyl (C=O) groups excluding carboxylic acids is 2. The van der Waals surface area contributed by atoms with E-state index >= 15 is 0 Å². The Morgan fingerprint density at radius 3 is 2.13 bits per heavy atom. The molecule has 3 rings (SSSR count). The fourth-order valence-electron chi connectivity index (χ4n) is 3.22. The van der Waals surface area contributed by atoms with Gasteiger partial charge in [0.05, 0.1) is 12.8 Å². The second-order valence-corrected chi connectivity index (χ2v) is 7.08. The van der Waals surface area contributed by atoms with E-state index in [-0.39, 0.29) is 11.8 Å². The molecule has 0 saturated heterocycles. The Kier molecular flexibility index (Phi) is 6.51. The van der Waals surface area contributed by atoms with E-state index in [0.717, 1.165) is 22.7 Å². The number of hydrogen-bond acceptors (Lipinski definition) is 4. The minimum Gasteiger partial charge on any atom is -0.497 e. The average molecular weight is 406 g/mol. The smallest absolute Gasteiger partial charge is 0.255 e. The Morgan fingerprint density at radius 2 is 1.57 bits per heavy atom. The monoisotopic (exact) mass is 406 g/mol. The number of benzene rings is 2. The molecule has 2 aromatic carbocycles. The molecule has 7 heteroatoms. The summed E-state index contributed by atoms with van der Waals surface area (Å²) in [6, 6.07) is 13.9. The number of methoxy groups -OCH3 is 1. The van der Waals surface area contributed by atoms with E-state index in [1.54, 1.807) is 55.6 Å². The van der Waals surface area contributed by atoms with Gasteiger partial charge in [-0.05, 0) is 74.4 Å². The average Bonchev–Trinajstić information content (AvgIpc) is 2.98. The fourth-order valence-corrected chi connectivity index (χ4v) is 3.22. The van der Waals surface area contributed by atoms with Crippen LogP contribution in [0.2, 0.25) is 0 Å². The molecule has 0 spiro atoms. The van der Waals surface area contributed by atoms with Crippen LogP contribution in [0.5, 0.6) is 5.75 Å². The summed E-state index contributed by atoms with van der Waals surface area (Å²) in [6.07, 6.45) is 1.01. The fraction of sp³-hybridized carbons (Fsp3) is 0.261.